The first-order valence-electron chi connectivity index (χ1n) is 4.36. The van der Waals surface area contributed by atoms with E-state index in [1.807, 2.05) is 0 Å². The van der Waals surface area contributed by atoms with Crippen molar-refractivity contribution >= 4 is 5.78 Å². The number of nitrogens with one attached hydrogen (secondary N) is 1. The smallest absolute Gasteiger partial charge is 0.138 e. The molecule has 0 aromatic heterocycles. The molecule has 0 spiro atoms. The van der Waals surface area contributed by atoms with E-state index in [9.17, 15) is 4.79 Å². The van der Waals surface area contributed by atoms with Gasteiger partial charge in [-0.1, -0.05) is 13.8 Å². The lowest BCUT2D eigenvalue weighted by molar-refractivity contribution is -0.131. The summed E-state index contributed by atoms with van der Waals surface area (Å²) in [6.07, 6.45) is 1.85. The molecule has 2 heteroatoms. The molecule has 11 heavy (non-hydrogen) atoms. The third kappa shape index (κ3) is 1.00. The molecule has 1 saturated carbocycles. The van der Waals surface area contributed by atoms with E-state index in [2.05, 4.69) is 19.2 Å². The summed E-state index contributed by atoms with van der Waals surface area (Å²) < 4.78 is 0. The van der Waals surface area contributed by atoms with Gasteiger partial charge in [-0.15, -0.1) is 0 Å². The van der Waals surface area contributed by atoms with E-state index in [1.54, 1.807) is 0 Å². The Balaban J connectivity index is 2.23. The van der Waals surface area contributed by atoms with Crippen molar-refractivity contribution in [3.8, 4) is 0 Å². The van der Waals surface area contributed by atoms with Crippen LogP contribution in [0.25, 0.3) is 0 Å². The van der Waals surface area contributed by atoms with Crippen molar-refractivity contribution in [2.75, 3.05) is 6.54 Å². The molecule has 0 aromatic carbocycles. The average Bonchev–Trinajstić information content (AvgIpc) is 1.90. The second kappa shape index (κ2) is 2.07. The lowest BCUT2D eigenvalue weighted by atomic mass is 9.65. The summed E-state index contributed by atoms with van der Waals surface area (Å²) >= 11 is 0. The molecule has 2 unspecified atom stereocenters. The van der Waals surface area contributed by atoms with Gasteiger partial charge in [0.2, 0.25) is 0 Å². The van der Waals surface area contributed by atoms with E-state index in [1.165, 1.54) is 0 Å². The highest BCUT2D eigenvalue weighted by Gasteiger charge is 2.45. The summed E-state index contributed by atoms with van der Waals surface area (Å²) in [5.41, 5.74) is 0.344. The summed E-state index contributed by atoms with van der Waals surface area (Å²) in [7, 11) is 0. The normalized spacial score (nSPS) is 41.1. The van der Waals surface area contributed by atoms with Crippen LogP contribution < -0.4 is 5.32 Å². The fraction of sp³-hybridized carbons (Fsp3) is 0.889. The predicted molar refractivity (Wildman–Crippen MR) is 43.3 cm³/mol. The molecule has 2 atom stereocenters. The quantitative estimate of drug-likeness (QED) is 0.561. The topological polar surface area (TPSA) is 29.1 Å². The lowest BCUT2D eigenvalue weighted by Crippen LogP contribution is -2.58. The van der Waals surface area contributed by atoms with Crippen molar-refractivity contribution in [3.63, 3.8) is 0 Å². The fourth-order valence-corrected chi connectivity index (χ4v) is 2.35. The number of hydrogen-bond acceptors (Lipinski definition) is 2. The monoisotopic (exact) mass is 153 g/mol. The maximum atomic E-state index is 11.3. The van der Waals surface area contributed by atoms with Gasteiger partial charge in [-0.25, -0.2) is 0 Å². The number of carbonyl (C=O) groups excluding carboxylic acids is 1. The van der Waals surface area contributed by atoms with E-state index in [4.69, 9.17) is 0 Å². The van der Waals surface area contributed by atoms with Gasteiger partial charge in [0.15, 0.2) is 0 Å². The third-order valence-corrected chi connectivity index (χ3v) is 3.19. The highest BCUT2D eigenvalue weighted by atomic mass is 16.1. The van der Waals surface area contributed by atoms with E-state index in [0.29, 0.717) is 23.2 Å². The van der Waals surface area contributed by atoms with E-state index >= 15 is 0 Å². The van der Waals surface area contributed by atoms with Gasteiger partial charge >= 0.3 is 0 Å². The summed E-state index contributed by atoms with van der Waals surface area (Å²) in [6, 6.07) is 0.444. The Labute approximate surface area is 67.4 Å². The minimum atomic E-state index is 0.315. The molecule has 1 N–H and O–H groups in total. The number of piperidine rings is 2. The van der Waals surface area contributed by atoms with Crippen molar-refractivity contribution in [1.29, 1.82) is 0 Å². The number of ketones is 1. The van der Waals surface area contributed by atoms with Crippen molar-refractivity contribution in [2.45, 2.75) is 32.7 Å². The molecule has 2 aliphatic heterocycles. The third-order valence-electron chi connectivity index (χ3n) is 3.19. The van der Waals surface area contributed by atoms with Crippen molar-refractivity contribution in [1.82, 2.24) is 5.32 Å². The lowest BCUT2D eigenvalue weighted by Gasteiger charge is -2.47. The molecule has 0 amide bonds. The Bertz CT molecular complexity index is 198. The Kier molecular flexibility index (Phi) is 1.37. The molecule has 2 nitrogen and oxygen atoms in total. The first kappa shape index (κ1) is 7.29. The summed E-state index contributed by atoms with van der Waals surface area (Å²) in [4.78, 5) is 11.3. The van der Waals surface area contributed by atoms with Gasteiger partial charge in [0.05, 0.1) is 0 Å². The number of fused-ring (bicyclic) bond motifs is 3. The first-order valence-corrected chi connectivity index (χ1v) is 4.36. The number of carbonyl (C=O) groups is 1. The van der Waals surface area contributed by atoms with Crippen LogP contribution in [0.1, 0.15) is 26.7 Å². The van der Waals surface area contributed by atoms with E-state index < -0.39 is 0 Å². The van der Waals surface area contributed by atoms with Crippen LogP contribution in [-0.4, -0.2) is 18.4 Å². The van der Waals surface area contributed by atoms with Crippen molar-refractivity contribution in [2.24, 2.45) is 11.3 Å². The number of hydrogen-bond donors (Lipinski definition) is 1. The maximum Gasteiger partial charge on any atom is 0.138 e. The van der Waals surface area contributed by atoms with Crippen LogP contribution >= 0.6 is 0 Å². The standard InChI is InChI=1S/C9H15NO/c1-9(2)4-6-5-10-8(9)3-7(6)11/h6,8,10H,3-5H2,1-2H3. The minimum Gasteiger partial charge on any atom is -0.312 e. The molecule has 1 aliphatic carbocycles. The molecule has 2 heterocycles. The highest BCUT2D eigenvalue weighted by Crippen LogP contribution is 2.40. The molecular formula is C9H15NO. The summed E-state index contributed by atoms with van der Waals surface area (Å²) in [5.74, 6) is 0.795. The second-order valence-electron chi connectivity index (χ2n) is 4.52. The van der Waals surface area contributed by atoms with Crippen LogP contribution in [0.5, 0.6) is 0 Å². The van der Waals surface area contributed by atoms with Crippen LogP contribution in [0.3, 0.4) is 0 Å². The van der Waals surface area contributed by atoms with Crippen LogP contribution in [0.2, 0.25) is 0 Å². The largest absolute Gasteiger partial charge is 0.312 e. The molecular weight excluding hydrogens is 138 g/mol. The van der Waals surface area contributed by atoms with Crippen LogP contribution in [0.4, 0.5) is 0 Å². The highest BCUT2D eigenvalue weighted by molar-refractivity contribution is 5.83. The second-order valence-corrected chi connectivity index (χ2v) is 4.52. The molecule has 2 bridgehead atoms. The molecule has 0 aromatic rings. The van der Waals surface area contributed by atoms with Gasteiger partial charge in [-0.2, -0.15) is 0 Å². The first-order chi connectivity index (χ1) is 5.09. The molecule has 62 valence electrons. The molecule has 0 radical (unpaired) electrons. The van der Waals surface area contributed by atoms with Crippen LogP contribution in [-0.2, 0) is 4.79 Å². The molecule has 3 aliphatic rings. The SMILES string of the molecule is CC1(C)CC2CNC1CC2=O. The van der Waals surface area contributed by atoms with Gasteiger partial charge in [-0.3, -0.25) is 4.79 Å². The zero-order chi connectivity index (χ0) is 8.06. The zero-order valence-electron chi connectivity index (χ0n) is 7.18. The van der Waals surface area contributed by atoms with Gasteiger partial charge < -0.3 is 5.32 Å². The fourth-order valence-electron chi connectivity index (χ4n) is 2.35. The average molecular weight is 153 g/mol. The van der Waals surface area contributed by atoms with E-state index in [0.717, 1.165) is 19.4 Å². The van der Waals surface area contributed by atoms with Gasteiger partial charge in [0.1, 0.15) is 5.78 Å². The Morgan fingerprint density at radius 1 is 1.55 bits per heavy atom. The van der Waals surface area contributed by atoms with Crippen LogP contribution in [0, 0.1) is 11.3 Å². The Morgan fingerprint density at radius 3 is 2.55 bits per heavy atom. The zero-order valence-corrected chi connectivity index (χ0v) is 7.18. The van der Waals surface area contributed by atoms with Crippen LogP contribution in [0.15, 0.2) is 0 Å². The molecule has 3 rings (SSSR count). The number of Topliss-reactive ketones (excluding diaryl/α,β-unsaturated/α-hetero) is 1. The minimum absolute atomic E-state index is 0.315. The van der Waals surface area contributed by atoms with Gasteiger partial charge in [0, 0.05) is 24.9 Å². The molecule has 2 saturated heterocycles. The maximum absolute atomic E-state index is 11.3. The Hall–Kier alpha value is -0.370. The summed E-state index contributed by atoms with van der Waals surface area (Å²) in [5, 5.41) is 3.42. The van der Waals surface area contributed by atoms with Crippen molar-refractivity contribution < 1.29 is 4.79 Å². The predicted octanol–water partition coefficient (Wildman–Crippen LogP) is 0.964. The number of rotatable bonds is 0. The van der Waals surface area contributed by atoms with Gasteiger partial charge in [-0.05, 0) is 11.8 Å². The summed E-state index contributed by atoms with van der Waals surface area (Å²) in [6.45, 7) is 5.43. The Morgan fingerprint density at radius 2 is 2.27 bits per heavy atom. The van der Waals surface area contributed by atoms with Crippen molar-refractivity contribution in [3.05, 3.63) is 0 Å². The van der Waals surface area contributed by atoms with Gasteiger partial charge in [0.25, 0.3) is 0 Å². The molecule has 3 fully saturated rings. The van der Waals surface area contributed by atoms with E-state index in [-0.39, 0.29) is 0 Å².